The Morgan fingerprint density at radius 2 is 2.27 bits per heavy atom. The Balaban J connectivity index is 2.58. The van der Waals surface area contributed by atoms with Crippen LogP contribution < -0.4 is 0 Å². The van der Waals surface area contributed by atoms with Crippen LogP contribution in [0.2, 0.25) is 0 Å². The van der Waals surface area contributed by atoms with Gasteiger partial charge in [-0.3, -0.25) is 4.99 Å². The monoisotopic (exact) mass is 154 g/mol. The molecule has 0 aromatic heterocycles. The molecule has 1 rings (SSSR count). The average molecular weight is 154 g/mol. The molecule has 2 heteroatoms. The maximum Gasteiger partial charge on any atom is 0.0991 e. The van der Waals surface area contributed by atoms with Gasteiger partial charge in [-0.2, -0.15) is 0 Å². The van der Waals surface area contributed by atoms with E-state index in [4.69, 9.17) is 0 Å². The van der Waals surface area contributed by atoms with Crippen molar-refractivity contribution in [3.63, 3.8) is 0 Å². The minimum Gasteiger partial charge on any atom is -0.358 e. The zero-order chi connectivity index (χ0) is 8.27. The van der Waals surface area contributed by atoms with Crippen LogP contribution in [0, 0.1) is 0 Å². The van der Waals surface area contributed by atoms with E-state index in [2.05, 4.69) is 30.7 Å². The van der Waals surface area contributed by atoms with E-state index in [0.29, 0.717) is 6.04 Å². The van der Waals surface area contributed by atoms with Crippen molar-refractivity contribution >= 4 is 5.84 Å². The van der Waals surface area contributed by atoms with Crippen molar-refractivity contribution in [2.24, 2.45) is 4.99 Å². The Morgan fingerprint density at radius 3 is 2.82 bits per heavy atom. The predicted molar refractivity (Wildman–Crippen MR) is 49.1 cm³/mol. The summed E-state index contributed by atoms with van der Waals surface area (Å²) in [5, 5.41) is 0. The second kappa shape index (κ2) is 3.74. The summed E-state index contributed by atoms with van der Waals surface area (Å²) in [5.74, 6) is 1.32. The van der Waals surface area contributed by atoms with Crippen LogP contribution >= 0.6 is 0 Å². The van der Waals surface area contributed by atoms with Gasteiger partial charge < -0.3 is 4.90 Å². The third-order valence-corrected chi connectivity index (χ3v) is 2.09. The first-order chi connectivity index (χ1) is 5.25. The molecule has 0 saturated carbocycles. The molecule has 2 nitrogen and oxygen atoms in total. The SMILES string of the molecule is CC/N=C1\CCCN1C(C)C. The fourth-order valence-corrected chi connectivity index (χ4v) is 1.59. The third-order valence-electron chi connectivity index (χ3n) is 2.09. The lowest BCUT2D eigenvalue weighted by Gasteiger charge is -2.23. The van der Waals surface area contributed by atoms with Crippen LogP contribution in [0.15, 0.2) is 4.99 Å². The Morgan fingerprint density at radius 1 is 1.55 bits per heavy atom. The van der Waals surface area contributed by atoms with Gasteiger partial charge in [-0.1, -0.05) is 0 Å². The molecular weight excluding hydrogens is 136 g/mol. The first-order valence-electron chi connectivity index (χ1n) is 4.55. The Hall–Kier alpha value is -0.530. The zero-order valence-electron chi connectivity index (χ0n) is 7.80. The molecule has 1 fully saturated rings. The fraction of sp³-hybridized carbons (Fsp3) is 0.889. The minimum absolute atomic E-state index is 0.628. The second-order valence-corrected chi connectivity index (χ2v) is 3.28. The second-order valence-electron chi connectivity index (χ2n) is 3.28. The Kier molecular flexibility index (Phi) is 2.92. The van der Waals surface area contributed by atoms with E-state index in [1.807, 2.05) is 0 Å². The lowest BCUT2D eigenvalue weighted by Crippen LogP contribution is -2.31. The van der Waals surface area contributed by atoms with Crippen molar-refractivity contribution in [1.82, 2.24) is 4.90 Å². The first kappa shape index (κ1) is 8.57. The molecule has 1 aliphatic heterocycles. The molecule has 1 heterocycles. The van der Waals surface area contributed by atoms with Crippen molar-refractivity contribution in [2.75, 3.05) is 13.1 Å². The van der Waals surface area contributed by atoms with Gasteiger partial charge in [-0.25, -0.2) is 0 Å². The van der Waals surface area contributed by atoms with Crippen LogP contribution in [0.3, 0.4) is 0 Å². The molecule has 11 heavy (non-hydrogen) atoms. The van der Waals surface area contributed by atoms with Crippen molar-refractivity contribution in [3.8, 4) is 0 Å². The van der Waals surface area contributed by atoms with E-state index in [-0.39, 0.29) is 0 Å². The largest absolute Gasteiger partial charge is 0.358 e. The van der Waals surface area contributed by atoms with Gasteiger partial charge in [0.05, 0.1) is 5.84 Å². The summed E-state index contributed by atoms with van der Waals surface area (Å²) < 4.78 is 0. The number of hydrogen-bond donors (Lipinski definition) is 0. The minimum atomic E-state index is 0.628. The summed E-state index contributed by atoms with van der Waals surface area (Å²) in [6.07, 6.45) is 2.48. The van der Waals surface area contributed by atoms with Crippen molar-refractivity contribution in [3.05, 3.63) is 0 Å². The van der Waals surface area contributed by atoms with E-state index in [1.54, 1.807) is 0 Å². The van der Waals surface area contributed by atoms with E-state index in [1.165, 1.54) is 25.2 Å². The highest BCUT2D eigenvalue weighted by atomic mass is 15.2. The van der Waals surface area contributed by atoms with Gasteiger partial charge >= 0.3 is 0 Å². The molecule has 0 aromatic rings. The molecule has 0 spiro atoms. The van der Waals surface area contributed by atoms with Crippen LogP contribution in [-0.4, -0.2) is 29.9 Å². The van der Waals surface area contributed by atoms with Gasteiger partial charge in [-0.15, -0.1) is 0 Å². The highest BCUT2D eigenvalue weighted by Crippen LogP contribution is 2.14. The first-order valence-corrected chi connectivity index (χ1v) is 4.55. The Bertz CT molecular complexity index is 150. The summed E-state index contributed by atoms with van der Waals surface area (Å²) in [6.45, 7) is 8.70. The summed E-state index contributed by atoms with van der Waals surface area (Å²) in [7, 11) is 0. The molecule has 0 N–H and O–H groups in total. The highest BCUT2D eigenvalue weighted by molar-refractivity contribution is 5.84. The van der Waals surface area contributed by atoms with Crippen LogP contribution in [0.25, 0.3) is 0 Å². The molecule has 0 aromatic carbocycles. The standard InChI is InChI=1S/C9H18N2/c1-4-10-9-6-5-7-11(9)8(2)3/h8H,4-7H2,1-3H3/b10-9+. The number of hydrogen-bond acceptors (Lipinski definition) is 1. The third kappa shape index (κ3) is 1.95. The molecule has 64 valence electrons. The van der Waals surface area contributed by atoms with Gasteiger partial charge in [0.2, 0.25) is 0 Å². The van der Waals surface area contributed by atoms with Gasteiger partial charge in [0.1, 0.15) is 0 Å². The summed E-state index contributed by atoms with van der Waals surface area (Å²) in [6, 6.07) is 0.628. The summed E-state index contributed by atoms with van der Waals surface area (Å²) >= 11 is 0. The van der Waals surface area contributed by atoms with E-state index in [9.17, 15) is 0 Å². The maximum absolute atomic E-state index is 4.47. The van der Waals surface area contributed by atoms with Gasteiger partial charge in [0.25, 0.3) is 0 Å². The van der Waals surface area contributed by atoms with Crippen LogP contribution in [0.4, 0.5) is 0 Å². The molecule has 0 atom stereocenters. The van der Waals surface area contributed by atoms with E-state index >= 15 is 0 Å². The normalized spacial score (nSPS) is 22.2. The number of rotatable bonds is 2. The lowest BCUT2D eigenvalue weighted by molar-refractivity contribution is 0.377. The molecule has 1 aliphatic rings. The molecular formula is C9H18N2. The van der Waals surface area contributed by atoms with Gasteiger partial charge in [-0.05, 0) is 27.2 Å². The number of amidine groups is 1. The zero-order valence-corrected chi connectivity index (χ0v) is 7.80. The number of aliphatic imine (C=N–C) groups is 1. The molecule has 0 radical (unpaired) electrons. The molecule has 0 bridgehead atoms. The smallest absolute Gasteiger partial charge is 0.0991 e. The van der Waals surface area contributed by atoms with Crippen LogP contribution in [0.1, 0.15) is 33.6 Å². The van der Waals surface area contributed by atoms with Crippen molar-refractivity contribution in [1.29, 1.82) is 0 Å². The molecule has 0 amide bonds. The Labute approximate surface area is 69.3 Å². The molecule has 1 saturated heterocycles. The van der Waals surface area contributed by atoms with Crippen LogP contribution in [0.5, 0.6) is 0 Å². The topological polar surface area (TPSA) is 15.6 Å². The number of likely N-dealkylation sites (tertiary alicyclic amines) is 1. The quantitative estimate of drug-likeness (QED) is 0.593. The molecule has 0 aliphatic carbocycles. The maximum atomic E-state index is 4.47. The van der Waals surface area contributed by atoms with E-state index < -0.39 is 0 Å². The lowest BCUT2D eigenvalue weighted by atomic mass is 10.3. The predicted octanol–water partition coefficient (Wildman–Crippen LogP) is 1.91. The molecule has 0 unspecified atom stereocenters. The van der Waals surface area contributed by atoms with Gasteiger partial charge in [0, 0.05) is 25.6 Å². The average Bonchev–Trinajstić information content (AvgIpc) is 2.36. The van der Waals surface area contributed by atoms with Crippen LogP contribution in [-0.2, 0) is 0 Å². The summed E-state index contributed by atoms with van der Waals surface area (Å²) in [4.78, 5) is 6.88. The van der Waals surface area contributed by atoms with Crippen molar-refractivity contribution < 1.29 is 0 Å². The summed E-state index contributed by atoms with van der Waals surface area (Å²) in [5.41, 5.74) is 0. The van der Waals surface area contributed by atoms with E-state index in [0.717, 1.165) is 6.54 Å². The highest BCUT2D eigenvalue weighted by Gasteiger charge is 2.19. The van der Waals surface area contributed by atoms with Crippen molar-refractivity contribution in [2.45, 2.75) is 39.7 Å². The number of nitrogens with zero attached hydrogens (tertiary/aromatic N) is 2. The fourth-order valence-electron chi connectivity index (χ4n) is 1.59. The van der Waals surface area contributed by atoms with Gasteiger partial charge in [0.15, 0.2) is 0 Å².